The minimum Gasteiger partial charge on any atom is -0.352 e. The quantitative estimate of drug-likeness (QED) is 0.622. The molecule has 0 bridgehead atoms. The minimum atomic E-state index is -3.41. The zero-order valence-corrected chi connectivity index (χ0v) is 15.3. The Morgan fingerprint density at radius 3 is 2.54 bits per heavy atom. The van der Waals surface area contributed by atoms with Gasteiger partial charge in [0.25, 0.3) is 0 Å². The topological polar surface area (TPSA) is 87.3 Å². The van der Waals surface area contributed by atoms with E-state index < -0.39 is 10.0 Å². The predicted octanol–water partition coefficient (Wildman–Crippen LogP) is 0.985. The summed E-state index contributed by atoms with van der Waals surface area (Å²) in [6.45, 7) is 2.44. The van der Waals surface area contributed by atoms with Crippen molar-refractivity contribution in [3.05, 3.63) is 41.5 Å². The summed E-state index contributed by atoms with van der Waals surface area (Å²) in [6, 6.07) is 6.59. The fourth-order valence-corrected chi connectivity index (χ4v) is 3.07. The lowest BCUT2D eigenvalue weighted by atomic mass is 10.1. The molecule has 0 aromatic heterocycles. The van der Waals surface area contributed by atoms with Gasteiger partial charge in [-0.1, -0.05) is 23.8 Å². The van der Waals surface area contributed by atoms with Crippen molar-refractivity contribution in [3.8, 4) is 0 Å². The van der Waals surface area contributed by atoms with Crippen LogP contribution in [0.3, 0.4) is 0 Å². The standard InChI is InChI=1S/C16H23N3O3S.ClH/c1-17-23(21,22)15-5-2-13(3-6-15)4-7-16(20)19-12-14-8-10-18-11-9-14;/h2-3,5-6,8,17-18H,4,7,9-12H2,1H3,(H,19,20);1H. The first-order valence-electron chi connectivity index (χ1n) is 7.69. The van der Waals surface area contributed by atoms with E-state index in [1.807, 2.05) is 0 Å². The Morgan fingerprint density at radius 1 is 1.25 bits per heavy atom. The number of nitrogens with one attached hydrogen (secondary N) is 3. The van der Waals surface area contributed by atoms with Gasteiger partial charge in [-0.2, -0.15) is 0 Å². The van der Waals surface area contributed by atoms with Gasteiger partial charge in [-0.3, -0.25) is 4.79 Å². The van der Waals surface area contributed by atoms with E-state index >= 15 is 0 Å². The zero-order chi connectivity index (χ0) is 16.7. The third-order valence-corrected chi connectivity index (χ3v) is 5.24. The summed E-state index contributed by atoms with van der Waals surface area (Å²) < 4.78 is 25.5. The van der Waals surface area contributed by atoms with Crippen LogP contribution in [0.15, 0.2) is 40.8 Å². The second kappa shape index (κ2) is 9.78. The molecule has 1 amide bonds. The van der Waals surface area contributed by atoms with Gasteiger partial charge in [0.2, 0.25) is 15.9 Å². The largest absolute Gasteiger partial charge is 0.352 e. The van der Waals surface area contributed by atoms with E-state index in [0.29, 0.717) is 19.4 Å². The Bertz CT molecular complexity index is 672. The van der Waals surface area contributed by atoms with Crippen LogP contribution >= 0.6 is 12.4 Å². The molecule has 1 aliphatic rings. The highest BCUT2D eigenvalue weighted by Gasteiger charge is 2.11. The van der Waals surface area contributed by atoms with Crippen LogP contribution < -0.4 is 15.4 Å². The van der Waals surface area contributed by atoms with Crippen LogP contribution in [0.4, 0.5) is 0 Å². The molecule has 3 N–H and O–H groups in total. The van der Waals surface area contributed by atoms with Gasteiger partial charge in [-0.25, -0.2) is 13.1 Å². The molecule has 0 radical (unpaired) electrons. The van der Waals surface area contributed by atoms with Gasteiger partial charge in [0, 0.05) is 19.5 Å². The van der Waals surface area contributed by atoms with Crippen LogP contribution in [0.2, 0.25) is 0 Å². The predicted molar refractivity (Wildman–Crippen MR) is 96.8 cm³/mol. The second-order valence-electron chi connectivity index (χ2n) is 5.44. The van der Waals surface area contributed by atoms with E-state index in [4.69, 9.17) is 0 Å². The number of rotatable bonds is 7. The monoisotopic (exact) mass is 373 g/mol. The lowest BCUT2D eigenvalue weighted by Gasteiger charge is -2.14. The van der Waals surface area contributed by atoms with Crippen molar-refractivity contribution in [1.82, 2.24) is 15.4 Å². The van der Waals surface area contributed by atoms with Crippen molar-refractivity contribution >= 4 is 28.3 Å². The van der Waals surface area contributed by atoms with E-state index in [-0.39, 0.29) is 23.2 Å². The van der Waals surface area contributed by atoms with Gasteiger partial charge in [0.1, 0.15) is 0 Å². The van der Waals surface area contributed by atoms with E-state index in [1.54, 1.807) is 24.3 Å². The number of carbonyl (C=O) groups excluding carboxylic acids is 1. The molecule has 0 saturated carbocycles. The summed E-state index contributed by atoms with van der Waals surface area (Å²) in [5, 5.41) is 6.16. The molecule has 0 atom stereocenters. The summed E-state index contributed by atoms with van der Waals surface area (Å²) in [7, 11) is -2.03. The number of carbonyl (C=O) groups is 1. The molecule has 0 aliphatic carbocycles. The Labute approximate surface area is 149 Å². The van der Waals surface area contributed by atoms with Gasteiger partial charge < -0.3 is 10.6 Å². The normalized spacial score (nSPS) is 14.5. The molecule has 134 valence electrons. The Kier molecular flexibility index (Phi) is 8.41. The van der Waals surface area contributed by atoms with Crippen LogP contribution in [0.5, 0.6) is 0 Å². The highest BCUT2D eigenvalue weighted by molar-refractivity contribution is 7.89. The van der Waals surface area contributed by atoms with Gasteiger partial charge in [-0.15, -0.1) is 12.4 Å². The van der Waals surface area contributed by atoms with Crippen LogP contribution in [0, 0.1) is 0 Å². The number of hydrogen-bond donors (Lipinski definition) is 3. The van der Waals surface area contributed by atoms with Gasteiger partial charge in [-0.05, 0) is 44.1 Å². The molecule has 1 aliphatic heterocycles. The fraction of sp³-hybridized carbons (Fsp3) is 0.438. The van der Waals surface area contributed by atoms with Crippen molar-refractivity contribution in [2.45, 2.75) is 24.2 Å². The van der Waals surface area contributed by atoms with E-state index in [0.717, 1.165) is 25.1 Å². The summed E-state index contributed by atoms with van der Waals surface area (Å²) in [5.74, 6) is 0.0105. The molecule has 8 heteroatoms. The third kappa shape index (κ3) is 6.24. The van der Waals surface area contributed by atoms with Gasteiger partial charge in [0.15, 0.2) is 0 Å². The van der Waals surface area contributed by atoms with Gasteiger partial charge >= 0.3 is 0 Å². The third-order valence-electron chi connectivity index (χ3n) is 3.81. The highest BCUT2D eigenvalue weighted by atomic mass is 35.5. The molecule has 0 saturated heterocycles. The lowest BCUT2D eigenvalue weighted by Crippen LogP contribution is -2.29. The maximum atomic E-state index is 11.9. The number of sulfonamides is 1. The van der Waals surface area contributed by atoms with Crippen molar-refractivity contribution in [2.75, 3.05) is 26.7 Å². The van der Waals surface area contributed by atoms with Crippen molar-refractivity contribution in [3.63, 3.8) is 0 Å². The zero-order valence-electron chi connectivity index (χ0n) is 13.7. The highest BCUT2D eigenvalue weighted by Crippen LogP contribution is 2.11. The number of hydrogen-bond acceptors (Lipinski definition) is 4. The van der Waals surface area contributed by atoms with E-state index in [2.05, 4.69) is 21.4 Å². The number of aryl methyl sites for hydroxylation is 1. The van der Waals surface area contributed by atoms with Gasteiger partial charge in [0.05, 0.1) is 4.90 Å². The molecule has 24 heavy (non-hydrogen) atoms. The first-order chi connectivity index (χ1) is 11.0. The Hall–Kier alpha value is -1.41. The molecule has 1 aromatic carbocycles. The summed E-state index contributed by atoms with van der Waals surface area (Å²) in [5.41, 5.74) is 2.20. The van der Waals surface area contributed by atoms with Crippen LogP contribution in [0.25, 0.3) is 0 Å². The average Bonchev–Trinajstić information content (AvgIpc) is 2.59. The maximum Gasteiger partial charge on any atom is 0.240 e. The van der Waals surface area contributed by atoms with Crippen LogP contribution in [0.1, 0.15) is 18.4 Å². The summed E-state index contributed by atoms with van der Waals surface area (Å²) in [4.78, 5) is 12.1. The number of benzene rings is 1. The molecule has 1 aromatic rings. The minimum absolute atomic E-state index is 0. The summed E-state index contributed by atoms with van der Waals surface area (Å²) >= 11 is 0. The SMILES string of the molecule is CNS(=O)(=O)c1ccc(CCC(=O)NCC2=CCNCC2)cc1.Cl. The molecular weight excluding hydrogens is 350 g/mol. The lowest BCUT2D eigenvalue weighted by molar-refractivity contribution is -0.120. The molecule has 0 unspecified atom stereocenters. The Balaban J connectivity index is 0.00000288. The first-order valence-corrected chi connectivity index (χ1v) is 9.17. The average molecular weight is 374 g/mol. The van der Waals surface area contributed by atoms with E-state index in [9.17, 15) is 13.2 Å². The van der Waals surface area contributed by atoms with E-state index in [1.165, 1.54) is 12.6 Å². The smallest absolute Gasteiger partial charge is 0.240 e. The molecule has 0 spiro atoms. The molecule has 1 heterocycles. The maximum absolute atomic E-state index is 11.9. The second-order valence-corrected chi connectivity index (χ2v) is 7.33. The molecule has 0 fully saturated rings. The summed E-state index contributed by atoms with van der Waals surface area (Å²) in [6.07, 6.45) is 4.07. The molecule has 2 rings (SSSR count). The van der Waals surface area contributed by atoms with Crippen LogP contribution in [-0.2, 0) is 21.2 Å². The first kappa shape index (κ1) is 20.6. The number of amides is 1. The van der Waals surface area contributed by atoms with Crippen LogP contribution in [-0.4, -0.2) is 41.0 Å². The fourth-order valence-electron chi connectivity index (χ4n) is 2.34. The Morgan fingerprint density at radius 2 is 1.96 bits per heavy atom. The van der Waals surface area contributed by atoms with Crippen molar-refractivity contribution in [2.24, 2.45) is 0 Å². The van der Waals surface area contributed by atoms with Crippen molar-refractivity contribution < 1.29 is 13.2 Å². The molecular formula is C16H24ClN3O3S. The molecule has 6 nitrogen and oxygen atoms in total. The number of halogens is 1. The van der Waals surface area contributed by atoms with Crippen molar-refractivity contribution in [1.29, 1.82) is 0 Å².